The zero-order valence-electron chi connectivity index (χ0n) is 12.2. The first-order valence-electron chi connectivity index (χ1n) is 6.80. The summed E-state index contributed by atoms with van der Waals surface area (Å²) in [5.74, 6) is 0.326. The van der Waals surface area contributed by atoms with E-state index in [0.717, 1.165) is 12.0 Å². The summed E-state index contributed by atoms with van der Waals surface area (Å²) >= 11 is 0. The number of rotatable bonds is 5. The second kappa shape index (κ2) is 8.19. The Labute approximate surface area is 119 Å². The molecule has 1 rings (SSSR count). The maximum absolute atomic E-state index is 11.6. The van der Waals surface area contributed by atoms with E-state index in [4.69, 9.17) is 0 Å². The molecule has 0 fully saturated rings. The Morgan fingerprint density at radius 1 is 1.10 bits per heavy atom. The van der Waals surface area contributed by atoms with Gasteiger partial charge >= 0.3 is 6.09 Å². The van der Waals surface area contributed by atoms with E-state index in [0.29, 0.717) is 5.92 Å². The van der Waals surface area contributed by atoms with Crippen LogP contribution in [0.15, 0.2) is 24.3 Å². The Hall–Kier alpha value is -2.04. The van der Waals surface area contributed by atoms with Gasteiger partial charge < -0.3 is 4.74 Å². The summed E-state index contributed by atoms with van der Waals surface area (Å²) in [6, 6.07) is 7.92. The molecule has 2 amide bonds. The van der Waals surface area contributed by atoms with Crippen molar-refractivity contribution in [1.29, 1.82) is 0 Å². The van der Waals surface area contributed by atoms with Crippen LogP contribution in [0.25, 0.3) is 0 Å². The molecule has 0 bridgehead atoms. The van der Waals surface area contributed by atoms with Crippen molar-refractivity contribution in [3.8, 4) is 0 Å². The fraction of sp³-hybridized carbons (Fsp3) is 0.467. The van der Waals surface area contributed by atoms with Gasteiger partial charge in [-0.05, 0) is 30.4 Å². The van der Waals surface area contributed by atoms with Crippen molar-refractivity contribution in [3.05, 3.63) is 35.4 Å². The third kappa shape index (κ3) is 6.22. The van der Waals surface area contributed by atoms with Crippen molar-refractivity contribution in [3.63, 3.8) is 0 Å². The molecular formula is C15H22N2O3. The second-order valence-corrected chi connectivity index (χ2v) is 4.98. The Balaban J connectivity index is 2.40. The largest absolute Gasteiger partial charge is 0.449 e. The minimum absolute atomic E-state index is 0.217. The minimum Gasteiger partial charge on any atom is -0.449 e. The van der Waals surface area contributed by atoms with E-state index in [9.17, 15) is 9.59 Å². The molecule has 0 saturated carbocycles. The lowest BCUT2D eigenvalue weighted by Crippen LogP contribution is -2.42. The zero-order valence-corrected chi connectivity index (χ0v) is 12.2. The monoisotopic (exact) mass is 278 g/mol. The standard InChI is InChI=1S/C15H22N2O3/c1-4-20-15(19)17-16-14(18)10-13-7-5-12(6-8-13)9-11(2)3/h5-8,11H,4,9-10H2,1-3H3,(H,16,18)(H,17,19). The molecule has 20 heavy (non-hydrogen) atoms. The van der Waals surface area contributed by atoms with Gasteiger partial charge in [0.2, 0.25) is 5.91 Å². The molecule has 5 heteroatoms. The Bertz CT molecular complexity index is 441. The third-order valence-corrected chi connectivity index (χ3v) is 2.61. The van der Waals surface area contributed by atoms with Crippen LogP contribution in [0.5, 0.6) is 0 Å². The lowest BCUT2D eigenvalue weighted by atomic mass is 10.0. The molecule has 0 spiro atoms. The van der Waals surface area contributed by atoms with Crippen molar-refractivity contribution in [2.24, 2.45) is 5.92 Å². The quantitative estimate of drug-likeness (QED) is 0.811. The zero-order chi connectivity index (χ0) is 15.0. The molecule has 0 aliphatic rings. The molecule has 0 aromatic heterocycles. The Kier molecular flexibility index (Phi) is 6.56. The van der Waals surface area contributed by atoms with Crippen LogP contribution in [-0.2, 0) is 22.4 Å². The fourth-order valence-corrected chi connectivity index (χ4v) is 1.78. The lowest BCUT2D eigenvalue weighted by Gasteiger charge is -2.08. The van der Waals surface area contributed by atoms with Crippen LogP contribution in [0.1, 0.15) is 31.9 Å². The smallest absolute Gasteiger partial charge is 0.426 e. The van der Waals surface area contributed by atoms with Gasteiger partial charge in [0.1, 0.15) is 0 Å². The molecule has 1 aromatic rings. The number of benzene rings is 1. The molecule has 1 aromatic carbocycles. The van der Waals surface area contributed by atoms with Crippen LogP contribution in [0.4, 0.5) is 4.79 Å². The van der Waals surface area contributed by atoms with Crippen molar-refractivity contribution < 1.29 is 14.3 Å². The first-order chi connectivity index (χ1) is 9.51. The van der Waals surface area contributed by atoms with Gasteiger partial charge in [0.15, 0.2) is 0 Å². The number of amides is 2. The maximum Gasteiger partial charge on any atom is 0.426 e. The van der Waals surface area contributed by atoms with Crippen LogP contribution in [0.2, 0.25) is 0 Å². The van der Waals surface area contributed by atoms with Gasteiger partial charge in [-0.1, -0.05) is 38.1 Å². The topological polar surface area (TPSA) is 67.4 Å². The molecule has 5 nitrogen and oxygen atoms in total. The summed E-state index contributed by atoms with van der Waals surface area (Å²) < 4.78 is 4.63. The van der Waals surface area contributed by atoms with Gasteiger partial charge in [-0.25, -0.2) is 10.2 Å². The van der Waals surface area contributed by atoms with Crippen molar-refractivity contribution in [2.75, 3.05) is 6.61 Å². The summed E-state index contributed by atoms with van der Waals surface area (Å²) in [5.41, 5.74) is 6.64. The molecule has 0 radical (unpaired) electrons. The van der Waals surface area contributed by atoms with Crippen molar-refractivity contribution in [1.82, 2.24) is 10.9 Å². The molecule has 0 aliphatic heterocycles. The normalized spacial score (nSPS) is 10.2. The van der Waals surface area contributed by atoms with Gasteiger partial charge in [0.25, 0.3) is 0 Å². The van der Waals surface area contributed by atoms with E-state index in [1.54, 1.807) is 6.92 Å². The first kappa shape index (κ1) is 16.0. The van der Waals surface area contributed by atoms with Crippen molar-refractivity contribution in [2.45, 2.75) is 33.6 Å². The number of hydrogen-bond acceptors (Lipinski definition) is 3. The molecular weight excluding hydrogens is 256 g/mol. The molecule has 0 heterocycles. The second-order valence-electron chi connectivity index (χ2n) is 4.98. The number of nitrogens with one attached hydrogen (secondary N) is 2. The highest BCUT2D eigenvalue weighted by atomic mass is 16.5. The lowest BCUT2D eigenvalue weighted by molar-refractivity contribution is -0.121. The maximum atomic E-state index is 11.6. The van der Waals surface area contributed by atoms with Gasteiger partial charge in [0.05, 0.1) is 13.0 Å². The molecule has 2 N–H and O–H groups in total. The Morgan fingerprint density at radius 3 is 2.25 bits per heavy atom. The predicted octanol–water partition coefficient (Wildman–Crippen LogP) is 2.20. The van der Waals surface area contributed by atoms with E-state index in [1.807, 2.05) is 24.3 Å². The van der Waals surface area contributed by atoms with Gasteiger partial charge in [-0.3, -0.25) is 10.2 Å². The highest BCUT2D eigenvalue weighted by molar-refractivity contribution is 5.80. The third-order valence-electron chi connectivity index (χ3n) is 2.61. The highest BCUT2D eigenvalue weighted by Gasteiger charge is 2.06. The van der Waals surface area contributed by atoms with Gasteiger partial charge in [0, 0.05) is 0 Å². The molecule has 110 valence electrons. The van der Waals surface area contributed by atoms with Crippen molar-refractivity contribution >= 4 is 12.0 Å². The molecule has 0 aliphatic carbocycles. The summed E-state index contributed by atoms with van der Waals surface area (Å²) in [5, 5.41) is 0. The van der Waals surface area contributed by atoms with E-state index >= 15 is 0 Å². The van der Waals surface area contributed by atoms with Gasteiger partial charge in [-0.2, -0.15) is 0 Å². The minimum atomic E-state index is -0.659. The summed E-state index contributed by atoms with van der Waals surface area (Å²) in [4.78, 5) is 22.6. The van der Waals surface area contributed by atoms with Crippen LogP contribution < -0.4 is 10.9 Å². The number of hydrogen-bond donors (Lipinski definition) is 2. The number of carbonyl (C=O) groups is 2. The fourth-order valence-electron chi connectivity index (χ4n) is 1.78. The molecule has 0 atom stereocenters. The summed E-state index contributed by atoms with van der Waals surface area (Å²) in [6.07, 6.45) is 0.582. The van der Waals surface area contributed by atoms with Crippen LogP contribution in [0, 0.1) is 5.92 Å². The number of carbonyl (C=O) groups excluding carboxylic acids is 2. The van der Waals surface area contributed by atoms with Crippen LogP contribution in [-0.4, -0.2) is 18.6 Å². The first-order valence-corrected chi connectivity index (χ1v) is 6.80. The number of ether oxygens (including phenoxy) is 1. The molecule has 0 saturated heterocycles. The summed E-state index contributed by atoms with van der Waals surface area (Å²) in [6.45, 7) is 6.30. The molecule has 0 unspecified atom stereocenters. The SMILES string of the molecule is CCOC(=O)NNC(=O)Cc1ccc(CC(C)C)cc1. The highest BCUT2D eigenvalue weighted by Crippen LogP contribution is 2.10. The predicted molar refractivity (Wildman–Crippen MR) is 77.0 cm³/mol. The summed E-state index contributed by atoms with van der Waals surface area (Å²) in [7, 11) is 0. The van der Waals surface area contributed by atoms with E-state index < -0.39 is 6.09 Å². The van der Waals surface area contributed by atoms with E-state index in [2.05, 4.69) is 29.4 Å². The van der Waals surface area contributed by atoms with Crippen LogP contribution in [0.3, 0.4) is 0 Å². The Morgan fingerprint density at radius 2 is 1.70 bits per heavy atom. The average molecular weight is 278 g/mol. The van der Waals surface area contributed by atoms with Gasteiger partial charge in [-0.15, -0.1) is 0 Å². The number of hydrazine groups is 1. The average Bonchev–Trinajstić information content (AvgIpc) is 2.38. The van der Waals surface area contributed by atoms with E-state index in [1.165, 1.54) is 5.56 Å². The van der Waals surface area contributed by atoms with E-state index in [-0.39, 0.29) is 18.9 Å². The van der Waals surface area contributed by atoms with Crippen LogP contribution >= 0.6 is 0 Å².